The predicted octanol–water partition coefficient (Wildman–Crippen LogP) is 2.47. The van der Waals surface area contributed by atoms with Crippen LogP contribution in [0.3, 0.4) is 0 Å². The van der Waals surface area contributed by atoms with Gasteiger partial charge in [0.05, 0.1) is 5.69 Å². The zero-order chi connectivity index (χ0) is 19.7. The summed E-state index contributed by atoms with van der Waals surface area (Å²) >= 11 is 0. The number of likely N-dealkylation sites (tertiary alicyclic amines) is 1. The molecule has 0 aliphatic carbocycles. The third kappa shape index (κ3) is 3.77. The van der Waals surface area contributed by atoms with Crippen molar-refractivity contribution in [3.8, 4) is 0 Å². The fourth-order valence-corrected chi connectivity index (χ4v) is 3.76. The average molecular weight is 386 g/mol. The molecule has 3 heterocycles. The van der Waals surface area contributed by atoms with Crippen LogP contribution >= 0.6 is 0 Å². The molecule has 148 valence electrons. The second-order valence-electron chi connectivity index (χ2n) is 7.56. The van der Waals surface area contributed by atoms with E-state index >= 15 is 0 Å². The van der Waals surface area contributed by atoms with Gasteiger partial charge in [0.1, 0.15) is 17.3 Å². The molecule has 0 unspecified atom stereocenters. The van der Waals surface area contributed by atoms with Gasteiger partial charge in [0.25, 0.3) is 5.91 Å². The summed E-state index contributed by atoms with van der Waals surface area (Å²) in [7, 11) is 0. The molecule has 1 saturated heterocycles. The van der Waals surface area contributed by atoms with Gasteiger partial charge in [0.15, 0.2) is 5.60 Å². The molecule has 1 fully saturated rings. The number of rotatable bonds is 5. The van der Waals surface area contributed by atoms with Crippen LogP contribution in [0.5, 0.6) is 0 Å². The summed E-state index contributed by atoms with van der Waals surface area (Å²) in [6, 6.07) is 6.04. The fourth-order valence-electron chi connectivity index (χ4n) is 3.76. The topological polar surface area (TPSA) is 80.0 Å². The number of hydrogen-bond acceptors (Lipinski definition) is 6. The van der Waals surface area contributed by atoms with Gasteiger partial charge in [-0.15, -0.1) is 0 Å². The Hall–Kier alpha value is -2.74. The lowest BCUT2D eigenvalue weighted by Crippen LogP contribution is -2.36. The van der Waals surface area contributed by atoms with Crippen molar-refractivity contribution in [2.45, 2.75) is 45.4 Å². The smallest absolute Gasteiger partial charge is 0.269 e. The Morgan fingerprint density at radius 2 is 2.11 bits per heavy atom. The van der Waals surface area contributed by atoms with Gasteiger partial charge in [-0.25, -0.2) is 4.39 Å². The summed E-state index contributed by atoms with van der Waals surface area (Å²) in [5, 5.41) is 10.9. The predicted molar refractivity (Wildman–Crippen MR) is 100.0 cm³/mol. The quantitative estimate of drug-likeness (QED) is 0.854. The number of oxime groups is 1. The molecule has 2 aliphatic rings. The summed E-state index contributed by atoms with van der Waals surface area (Å²) < 4.78 is 18.2. The molecule has 8 heteroatoms. The van der Waals surface area contributed by atoms with E-state index in [4.69, 9.17) is 9.36 Å². The minimum absolute atomic E-state index is 0.245. The maximum Gasteiger partial charge on any atom is 0.269 e. The first-order chi connectivity index (χ1) is 13.4. The minimum Gasteiger partial charge on any atom is -0.387 e. The number of carbonyl (C=O) groups excluding carboxylic acids is 1. The maximum absolute atomic E-state index is 13.0. The summed E-state index contributed by atoms with van der Waals surface area (Å²) in [5.41, 5.74) is 2.80. The van der Waals surface area contributed by atoms with Crippen LogP contribution in [0.25, 0.3) is 0 Å². The van der Waals surface area contributed by atoms with Crippen LogP contribution < -0.4 is 5.32 Å². The van der Waals surface area contributed by atoms with E-state index in [1.165, 1.54) is 12.1 Å². The van der Waals surface area contributed by atoms with E-state index in [1.54, 1.807) is 12.1 Å². The number of carbonyl (C=O) groups is 1. The molecule has 0 saturated carbocycles. The first kappa shape index (κ1) is 18.6. The fraction of sp³-hybridized carbons (Fsp3) is 0.450. The second kappa shape index (κ2) is 7.35. The van der Waals surface area contributed by atoms with Gasteiger partial charge in [-0.3, -0.25) is 9.69 Å². The van der Waals surface area contributed by atoms with Crippen LogP contribution in [-0.4, -0.2) is 40.4 Å². The number of halogens is 1. The number of aryl methyl sites for hydroxylation is 2. The molecule has 2 aromatic rings. The standard InChI is InChI=1S/C20H23FN4O3/c1-13-17(14(2)27-23-13)11-25-8-7-20(12-25)9-18(24-28-20)19(26)22-10-15-3-5-16(21)6-4-15/h3-6H,7-12H2,1-2H3,(H,22,26)/t20-/m1/s1. The molecular weight excluding hydrogens is 363 g/mol. The van der Waals surface area contributed by atoms with E-state index in [9.17, 15) is 9.18 Å². The molecule has 1 aromatic carbocycles. The van der Waals surface area contributed by atoms with Crippen molar-refractivity contribution in [2.75, 3.05) is 13.1 Å². The Morgan fingerprint density at radius 3 is 2.82 bits per heavy atom. The molecule has 1 spiro atoms. The zero-order valence-corrected chi connectivity index (χ0v) is 16.0. The van der Waals surface area contributed by atoms with Crippen molar-refractivity contribution in [1.82, 2.24) is 15.4 Å². The van der Waals surface area contributed by atoms with Gasteiger partial charge in [-0.1, -0.05) is 22.4 Å². The maximum atomic E-state index is 13.0. The monoisotopic (exact) mass is 386 g/mol. The highest BCUT2D eigenvalue weighted by Gasteiger charge is 2.46. The van der Waals surface area contributed by atoms with Crippen molar-refractivity contribution >= 4 is 11.6 Å². The Labute approximate surface area is 162 Å². The number of nitrogens with one attached hydrogen (secondary N) is 1. The van der Waals surface area contributed by atoms with Gasteiger partial charge in [0.2, 0.25) is 0 Å². The molecule has 2 aliphatic heterocycles. The molecule has 28 heavy (non-hydrogen) atoms. The van der Waals surface area contributed by atoms with E-state index in [2.05, 4.69) is 20.5 Å². The lowest BCUT2D eigenvalue weighted by Gasteiger charge is -2.21. The molecule has 1 atom stereocenters. The summed E-state index contributed by atoms with van der Waals surface area (Å²) in [5.74, 6) is 0.293. The highest BCUT2D eigenvalue weighted by atomic mass is 19.1. The lowest BCUT2D eigenvalue weighted by molar-refractivity contribution is -0.115. The summed E-state index contributed by atoms with van der Waals surface area (Å²) in [6.45, 7) is 6.50. The van der Waals surface area contributed by atoms with Crippen LogP contribution in [0.2, 0.25) is 0 Å². The SMILES string of the molecule is Cc1noc(C)c1CN1CC[C@@]2(CC(C(=O)NCc3ccc(F)cc3)=NO2)C1. The Bertz CT molecular complexity index is 889. The molecular formula is C20H23FN4O3. The number of benzene rings is 1. The molecule has 0 bridgehead atoms. The van der Waals surface area contributed by atoms with Gasteiger partial charge in [0, 0.05) is 44.6 Å². The third-order valence-corrected chi connectivity index (χ3v) is 5.43. The number of nitrogens with zero attached hydrogens (tertiary/aromatic N) is 3. The first-order valence-corrected chi connectivity index (χ1v) is 9.36. The van der Waals surface area contributed by atoms with Crippen LogP contribution in [0, 0.1) is 19.7 Å². The van der Waals surface area contributed by atoms with Crippen LogP contribution in [0.15, 0.2) is 33.9 Å². The van der Waals surface area contributed by atoms with Gasteiger partial charge >= 0.3 is 0 Å². The van der Waals surface area contributed by atoms with Crippen LogP contribution in [0.4, 0.5) is 4.39 Å². The number of aromatic nitrogens is 1. The van der Waals surface area contributed by atoms with Gasteiger partial charge in [-0.05, 0) is 31.5 Å². The first-order valence-electron chi connectivity index (χ1n) is 9.36. The third-order valence-electron chi connectivity index (χ3n) is 5.43. The molecule has 4 rings (SSSR count). The minimum atomic E-state index is -0.443. The second-order valence-corrected chi connectivity index (χ2v) is 7.56. The zero-order valence-electron chi connectivity index (χ0n) is 16.0. The van der Waals surface area contributed by atoms with E-state index in [0.29, 0.717) is 25.2 Å². The number of hydrogen-bond donors (Lipinski definition) is 1. The van der Waals surface area contributed by atoms with E-state index in [-0.39, 0.29) is 11.7 Å². The van der Waals surface area contributed by atoms with Crippen molar-refractivity contribution < 1.29 is 18.5 Å². The summed E-state index contributed by atoms with van der Waals surface area (Å²) in [6.07, 6.45) is 1.30. The molecule has 1 N–H and O–H groups in total. The van der Waals surface area contributed by atoms with Gasteiger partial charge < -0.3 is 14.7 Å². The summed E-state index contributed by atoms with van der Waals surface area (Å²) in [4.78, 5) is 20.4. The molecule has 1 amide bonds. The highest BCUT2D eigenvalue weighted by Crippen LogP contribution is 2.35. The molecule has 7 nitrogen and oxygen atoms in total. The average Bonchev–Trinajstić information content (AvgIpc) is 3.37. The normalized spacial score (nSPS) is 21.8. The van der Waals surface area contributed by atoms with Crippen LogP contribution in [0.1, 0.15) is 35.4 Å². The largest absolute Gasteiger partial charge is 0.387 e. The van der Waals surface area contributed by atoms with E-state index < -0.39 is 5.60 Å². The highest BCUT2D eigenvalue weighted by molar-refractivity contribution is 6.39. The number of amides is 1. The van der Waals surface area contributed by atoms with Crippen molar-refractivity contribution in [3.63, 3.8) is 0 Å². The van der Waals surface area contributed by atoms with E-state index in [1.807, 2.05) is 13.8 Å². The lowest BCUT2D eigenvalue weighted by atomic mass is 9.96. The van der Waals surface area contributed by atoms with E-state index in [0.717, 1.165) is 42.1 Å². The Kier molecular flexibility index (Phi) is 4.89. The Morgan fingerprint density at radius 1 is 1.32 bits per heavy atom. The molecule has 1 aromatic heterocycles. The van der Waals surface area contributed by atoms with Crippen molar-refractivity contribution in [2.24, 2.45) is 5.16 Å². The van der Waals surface area contributed by atoms with Gasteiger partial charge in [-0.2, -0.15) is 0 Å². The Balaban J connectivity index is 1.30. The molecule has 0 radical (unpaired) electrons. The van der Waals surface area contributed by atoms with Crippen molar-refractivity contribution in [3.05, 3.63) is 52.7 Å². The van der Waals surface area contributed by atoms with Crippen LogP contribution in [-0.2, 0) is 22.7 Å². The van der Waals surface area contributed by atoms with Crippen molar-refractivity contribution in [1.29, 1.82) is 0 Å².